The lowest BCUT2D eigenvalue weighted by molar-refractivity contribution is 0.188. The first-order chi connectivity index (χ1) is 17.1. The molecule has 2 fully saturated rings. The van der Waals surface area contributed by atoms with Gasteiger partial charge in [-0.2, -0.15) is 0 Å². The lowest BCUT2D eigenvalue weighted by Crippen LogP contribution is -2.47. The molecule has 0 spiro atoms. The summed E-state index contributed by atoms with van der Waals surface area (Å²) >= 11 is 0. The lowest BCUT2D eigenvalue weighted by Gasteiger charge is -2.35. The summed E-state index contributed by atoms with van der Waals surface area (Å²) in [6, 6.07) is 15.5. The minimum atomic E-state index is 0.226. The van der Waals surface area contributed by atoms with Crippen molar-refractivity contribution in [3.63, 3.8) is 0 Å². The molecule has 1 aromatic carbocycles. The van der Waals surface area contributed by atoms with Crippen LogP contribution in [0.15, 0.2) is 48.7 Å². The van der Waals surface area contributed by atoms with E-state index in [0.717, 1.165) is 55.5 Å². The highest BCUT2D eigenvalue weighted by molar-refractivity contribution is 5.94. The molecule has 0 unspecified atom stereocenters. The Morgan fingerprint density at radius 3 is 2.31 bits per heavy atom. The monoisotopic (exact) mass is 467 g/mol. The third kappa shape index (κ3) is 4.44. The van der Waals surface area contributed by atoms with Gasteiger partial charge in [0, 0.05) is 72.3 Å². The summed E-state index contributed by atoms with van der Waals surface area (Å²) in [6.45, 7) is 8.95. The van der Waals surface area contributed by atoms with Crippen LogP contribution < -0.4 is 4.90 Å². The second-order valence-corrected chi connectivity index (χ2v) is 10.0. The second-order valence-electron chi connectivity index (χ2n) is 10.0. The predicted molar refractivity (Wildman–Crippen MR) is 142 cm³/mol. The van der Waals surface area contributed by atoms with Crippen molar-refractivity contribution in [2.24, 2.45) is 0 Å². The number of rotatable bonds is 6. The number of aryl methyl sites for hydroxylation is 2. The molecule has 35 heavy (non-hydrogen) atoms. The molecular formula is C29H33N5O. The summed E-state index contributed by atoms with van der Waals surface area (Å²) in [7, 11) is 0. The average Bonchev–Trinajstić information content (AvgIpc) is 3.63. The zero-order valence-electron chi connectivity index (χ0n) is 20.6. The molecule has 0 amide bonds. The van der Waals surface area contributed by atoms with Gasteiger partial charge in [0.15, 0.2) is 0 Å². The van der Waals surface area contributed by atoms with E-state index in [1.54, 1.807) is 0 Å². The number of fused-ring (bicyclic) bond motifs is 1. The Bertz CT molecular complexity index is 1330. The lowest BCUT2D eigenvalue weighted by atomic mass is 9.99. The molecule has 1 saturated carbocycles. The molecule has 4 aromatic rings. The highest BCUT2D eigenvalue weighted by Gasteiger charge is 2.30. The predicted octanol–water partition coefficient (Wildman–Crippen LogP) is 4.90. The topological polar surface area (TPSA) is 68.3 Å². The molecule has 1 aliphatic heterocycles. The molecule has 6 heteroatoms. The maximum absolute atomic E-state index is 9.16. The first-order valence-electron chi connectivity index (χ1n) is 12.7. The standard InChI is InChI=1S/C29H33N5O/c1-19-15-24(16-20(2)31-19)29-28(21-3-4-21)25-7-5-22(17-26(25)32-29)23-6-8-27(30-18-23)34-11-9-33(10-12-34)13-14-35/h5-8,15-18,21,32,35H,3-4,9-14H2,1-2H3. The van der Waals surface area contributed by atoms with Crippen LogP contribution in [0.2, 0.25) is 0 Å². The van der Waals surface area contributed by atoms with E-state index in [0.29, 0.717) is 5.92 Å². The number of anilines is 1. The Labute approximate surface area is 206 Å². The van der Waals surface area contributed by atoms with Gasteiger partial charge in [0.1, 0.15) is 5.82 Å². The number of aliphatic hydroxyl groups excluding tert-OH is 1. The minimum absolute atomic E-state index is 0.226. The number of nitrogens with one attached hydrogen (secondary N) is 1. The van der Waals surface area contributed by atoms with Gasteiger partial charge in [-0.05, 0) is 74.1 Å². The summed E-state index contributed by atoms with van der Waals surface area (Å²) in [6.07, 6.45) is 4.53. The Hall–Kier alpha value is -3.22. The number of piperazine rings is 1. The zero-order chi connectivity index (χ0) is 23.9. The molecule has 0 atom stereocenters. The van der Waals surface area contributed by atoms with Gasteiger partial charge >= 0.3 is 0 Å². The highest BCUT2D eigenvalue weighted by Crippen LogP contribution is 2.48. The second kappa shape index (κ2) is 9.10. The number of hydrogen-bond acceptors (Lipinski definition) is 5. The molecule has 1 saturated heterocycles. The first kappa shape index (κ1) is 22.3. The molecule has 6 nitrogen and oxygen atoms in total. The molecule has 2 N–H and O–H groups in total. The van der Waals surface area contributed by atoms with Crippen LogP contribution in [0, 0.1) is 13.8 Å². The maximum Gasteiger partial charge on any atom is 0.128 e. The van der Waals surface area contributed by atoms with Gasteiger partial charge in [-0.3, -0.25) is 9.88 Å². The molecule has 180 valence electrons. The number of aromatic nitrogens is 3. The fraction of sp³-hybridized carbons (Fsp3) is 0.379. The van der Waals surface area contributed by atoms with E-state index in [-0.39, 0.29) is 6.61 Å². The van der Waals surface area contributed by atoms with Gasteiger partial charge < -0.3 is 15.0 Å². The van der Waals surface area contributed by atoms with Crippen molar-refractivity contribution < 1.29 is 5.11 Å². The van der Waals surface area contributed by atoms with Gasteiger partial charge in [-0.1, -0.05) is 12.1 Å². The normalized spacial score (nSPS) is 16.8. The fourth-order valence-electron chi connectivity index (χ4n) is 5.49. The van der Waals surface area contributed by atoms with Crippen molar-refractivity contribution in [2.75, 3.05) is 44.2 Å². The first-order valence-corrected chi connectivity index (χ1v) is 12.7. The summed E-state index contributed by atoms with van der Waals surface area (Å²) in [5.74, 6) is 1.68. The molecule has 2 aliphatic rings. The Kier molecular flexibility index (Phi) is 5.78. The van der Waals surface area contributed by atoms with E-state index in [1.165, 1.54) is 46.1 Å². The van der Waals surface area contributed by atoms with Crippen molar-refractivity contribution in [3.05, 3.63) is 65.6 Å². The summed E-state index contributed by atoms with van der Waals surface area (Å²) in [5, 5.41) is 10.5. The van der Waals surface area contributed by atoms with Gasteiger partial charge in [0.2, 0.25) is 0 Å². The maximum atomic E-state index is 9.16. The quantitative estimate of drug-likeness (QED) is 0.422. The molecular weight excluding hydrogens is 434 g/mol. The smallest absolute Gasteiger partial charge is 0.128 e. The Balaban J connectivity index is 1.29. The van der Waals surface area contributed by atoms with Crippen LogP contribution in [0.25, 0.3) is 33.3 Å². The van der Waals surface area contributed by atoms with E-state index in [1.807, 2.05) is 6.20 Å². The van der Waals surface area contributed by atoms with Gasteiger partial charge in [-0.15, -0.1) is 0 Å². The van der Waals surface area contributed by atoms with Crippen LogP contribution in [0.4, 0.5) is 5.82 Å². The summed E-state index contributed by atoms with van der Waals surface area (Å²) < 4.78 is 0. The van der Waals surface area contributed by atoms with Crippen molar-refractivity contribution in [1.82, 2.24) is 19.9 Å². The average molecular weight is 468 g/mol. The SMILES string of the molecule is Cc1cc(-c2[nH]c3cc(-c4ccc(N5CCN(CCO)CC5)nc4)ccc3c2C2CC2)cc(C)n1. The van der Waals surface area contributed by atoms with Crippen molar-refractivity contribution in [3.8, 4) is 22.4 Å². The molecule has 3 aromatic heterocycles. The number of aromatic amines is 1. The molecule has 1 aliphatic carbocycles. The van der Waals surface area contributed by atoms with Crippen molar-refractivity contribution in [1.29, 1.82) is 0 Å². The van der Waals surface area contributed by atoms with Crippen LogP contribution >= 0.6 is 0 Å². The largest absolute Gasteiger partial charge is 0.395 e. The highest BCUT2D eigenvalue weighted by atomic mass is 16.3. The summed E-state index contributed by atoms with van der Waals surface area (Å²) in [5.41, 5.74) is 9.57. The number of pyridine rings is 2. The van der Waals surface area contributed by atoms with E-state index >= 15 is 0 Å². The Morgan fingerprint density at radius 1 is 0.914 bits per heavy atom. The van der Waals surface area contributed by atoms with E-state index in [2.05, 4.69) is 76.1 Å². The Morgan fingerprint density at radius 2 is 1.66 bits per heavy atom. The van der Waals surface area contributed by atoms with Crippen LogP contribution in [0.3, 0.4) is 0 Å². The van der Waals surface area contributed by atoms with Crippen LogP contribution in [-0.2, 0) is 0 Å². The van der Waals surface area contributed by atoms with Gasteiger partial charge in [0.05, 0.1) is 12.3 Å². The molecule has 6 rings (SSSR count). The number of hydrogen-bond donors (Lipinski definition) is 2. The van der Waals surface area contributed by atoms with Crippen LogP contribution in [0.5, 0.6) is 0 Å². The summed E-state index contributed by atoms with van der Waals surface area (Å²) in [4.78, 5) is 17.8. The number of H-pyrrole nitrogens is 1. The minimum Gasteiger partial charge on any atom is -0.395 e. The van der Waals surface area contributed by atoms with Crippen LogP contribution in [-0.4, -0.2) is 64.3 Å². The number of nitrogens with zero attached hydrogens (tertiary/aromatic N) is 4. The van der Waals surface area contributed by atoms with Crippen molar-refractivity contribution >= 4 is 16.7 Å². The number of aliphatic hydroxyl groups is 1. The van der Waals surface area contributed by atoms with Gasteiger partial charge in [0.25, 0.3) is 0 Å². The molecule has 4 heterocycles. The number of β-amino-alcohol motifs (C(OH)–C–C–N with tert-alkyl or cyclic N) is 1. The zero-order valence-corrected chi connectivity index (χ0v) is 20.6. The molecule has 0 radical (unpaired) electrons. The van der Waals surface area contributed by atoms with E-state index in [4.69, 9.17) is 10.1 Å². The number of benzene rings is 1. The fourth-order valence-corrected chi connectivity index (χ4v) is 5.49. The van der Waals surface area contributed by atoms with E-state index in [9.17, 15) is 0 Å². The van der Waals surface area contributed by atoms with Crippen molar-refractivity contribution in [2.45, 2.75) is 32.6 Å². The third-order valence-corrected chi connectivity index (χ3v) is 7.39. The third-order valence-electron chi connectivity index (χ3n) is 7.39. The van der Waals surface area contributed by atoms with E-state index < -0.39 is 0 Å². The molecule has 0 bridgehead atoms. The van der Waals surface area contributed by atoms with Crippen LogP contribution in [0.1, 0.15) is 35.7 Å². The van der Waals surface area contributed by atoms with Gasteiger partial charge in [-0.25, -0.2) is 4.98 Å².